The van der Waals surface area contributed by atoms with Gasteiger partial charge in [-0.3, -0.25) is 18.8 Å². The minimum absolute atomic E-state index is 0.170. The zero-order valence-electron chi connectivity index (χ0n) is 23.1. The van der Waals surface area contributed by atoms with Crippen LogP contribution in [0.1, 0.15) is 47.4 Å². The molecule has 1 aliphatic rings. The Morgan fingerprint density at radius 1 is 1.00 bits per heavy atom. The van der Waals surface area contributed by atoms with Crippen LogP contribution in [-0.2, 0) is 32.6 Å². The molecule has 4 rings (SSSR count). The summed E-state index contributed by atoms with van der Waals surface area (Å²) in [4.78, 5) is 31.6. The number of rotatable bonds is 9. The van der Waals surface area contributed by atoms with Gasteiger partial charge in [0.05, 0.1) is 12.1 Å². The summed E-state index contributed by atoms with van der Waals surface area (Å²) >= 11 is 0. The molecule has 0 spiro atoms. The topological polar surface area (TPSA) is 50.5 Å². The molecule has 1 aromatic heterocycles. The van der Waals surface area contributed by atoms with Crippen LogP contribution in [0.15, 0.2) is 46.0 Å². The molecule has 204 valence electrons. The molecule has 0 saturated heterocycles. The summed E-state index contributed by atoms with van der Waals surface area (Å²) in [5.41, 5.74) is 3.70. The Morgan fingerprint density at radius 3 is 2.37 bits per heavy atom. The highest BCUT2D eigenvalue weighted by Gasteiger charge is 2.27. The van der Waals surface area contributed by atoms with Crippen molar-refractivity contribution in [1.29, 1.82) is 0 Å². The van der Waals surface area contributed by atoms with E-state index in [1.54, 1.807) is 0 Å². The van der Waals surface area contributed by atoms with Crippen LogP contribution in [0.2, 0.25) is 0 Å². The van der Waals surface area contributed by atoms with Crippen LogP contribution in [0, 0.1) is 31.4 Å². The Labute approximate surface area is 223 Å². The van der Waals surface area contributed by atoms with Gasteiger partial charge in [0.25, 0.3) is 5.56 Å². The number of fused-ring (bicyclic) bond motifs is 1. The molecule has 0 unspecified atom stereocenters. The van der Waals surface area contributed by atoms with E-state index >= 15 is 0 Å². The van der Waals surface area contributed by atoms with Gasteiger partial charge in [0, 0.05) is 56.9 Å². The van der Waals surface area contributed by atoms with E-state index in [0.717, 1.165) is 6.54 Å². The van der Waals surface area contributed by atoms with Gasteiger partial charge in [0.1, 0.15) is 11.6 Å². The molecular weight excluding hydrogens is 486 g/mol. The molecule has 3 aromatic rings. The quantitative estimate of drug-likeness (QED) is 0.423. The molecule has 6 nitrogen and oxygen atoms in total. The largest absolute Gasteiger partial charge is 0.331 e. The average molecular weight is 525 g/mol. The third-order valence-corrected chi connectivity index (χ3v) is 7.34. The van der Waals surface area contributed by atoms with Gasteiger partial charge >= 0.3 is 5.69 Å². The molecule has 38 heavy (non-hydrogen) atoms. The van der Waals surface area contributed by atoms with Gasteiger partial charge in [0.2, 0.25) is 0 Å². The van der Waals surface area contributed by atoms with Crippen molar-refractivity contribution in [2.75, 3.05) is 26.7 Å². The van der Waals surface area contributed by atoms with Crippen LogP contribution in [-0.4, -0.2) is 45.6 Å². The first kappa shape index (κ1) is 27.9. The number of aromatic nitrogens is 2. The maximum absolute atomic E-state index is 14.6. The SMILES string of the molecule is Cc1ccc(CN2CCc3c(c(=O)n(CCN(C)CC(C)C)c(=O)n3Cc3c(F)cccc3F)C2)c(C)c1. The van der Waals surface area contributed by atoms with Gasteiger partial charge < -0.3 is 4.90 Å². The maximum atomic E-state index is 14.6. The lowest BCUT2D eigenvalue weighted by Crippen LogP contribution is -2.49. The van der Waals surface area contributed by atoms with E-state index in [9.17, 15) is 18.4 Å². The monoisotopic (exact) mass is 524 g/mol. The Bertz CT molecular complexity index is 1410. The third-order valence-electron chi connectivity index (χ3n) is 7.34. The lowest BCUT2D eigenvalue weighted by Gasteiger charge is -2.31. The molecule has 0 N–H and O–H groups in total. The Morgan fingerprint density at radius 2 is 1.71 bits per heavy atom. The molecule has 2 heterocycles. The van der Waals surface area contributed by atoms with E-state index in [4.69, 9.17) is 0 Å². The fraction of sp³-hybridized carbons (Fsp3) is 0.467. The van der Waals surface area contributed by atoms with Crippen molar-refractivity contribution >= 4 is 0 Å². The van der Waals surface area contributed by atoms with Crippen molar-refractivity contribution in [3.63, 3.8) is 0 Å². The standard InChI is InChI=1S/C30H38F2N4O2/c1-20(2)16-33(5)13-14-35-29(37)25-18-34(17-23-10-9-21(3)15-22(23)4)12-11-28(25)36(30(35)38)19-24-26(31)7-6-8-27(24)32/h6-10,15,20H,11-14,16-19H2,1-5H3. The van der Waals surface area contributed by atoms with E-state index in [1.165, 1.54) is 44.0 Å². The second kappa shape index (κ2) is 11.7. The molecule has 0 saturated carbocycles. The van der Waals surface area contributed by atoms with Crippen LogP contribution < -0.4 is 11.2 Å². The highest BCUT2D eigenvalue weighted by molar-refractivity contribution is 5.31. The lowest BCUT2D eigenvalue weighted by molar-refractivity contribution is 0.234. The van der Waals surface area contributed by atoms with Crippen molar-refractivity contribution in [3.05, 3.63) is 102 Å². The first-order valence-electron chi connectivity index (χ1n) is 13.3. The minimum Gasteiger partial charge on any atom is -0.304 e. The number of benzene rings is 2. The number of hydrogen-bond donors (Lipinski definition) is 0. The summed E-state index contributed by atoms with van der Waals surface area (Å²) in [7, 11) is 1.96. The molecule has 0 fully saturated rings. The summed E-state index contributed by atoms with van der Waals surface area (Å²) in [6.07, 6.45) is 0.453. The first-order chi connectivity index (χ1) is 18.0. The van der Waals surface area contributed by atoms with Gasteiger partial charge in [0.15, 0.2) is 0 Å². The van der Waals surface area contributed by atoms with Crippen LogP contribution in [0.4, 0.5) is 8.78 Å². The lowest BCUT2D eigenvalue weighted by atomic mass is 10.0. The van der Waals surface area contributed by atoms with E-state index in [0.29, 0.717) is 49.8 Å². The second-order valence-corrected chi connectivity index (χ2v) is 11.0. The smallest absolute Gasteiger partial charge is 0.304 e. The second-order valence-electron chi connectivity index (χ2n) is 11.0. The predicted octanol–water partition coefficient (Wildman–Crippen LogP) is 4.10. The van der Waals surface area contributed by atoms with Crippen molar-refractivity contribution in [3.8, 4) is 0 Å². The zero-order chi connectivity index (χ0) is 27.6. The summed E-state index contributed by atoms with van der Waals surface area (Å²) in [6, 6.07) is 10.0. The van der Waals surface area contributed by atoms with E-state index in [-0.39, 0.29) is 24.2 Å². The zero-order valence-corrected chi connectivity index (χ0v) is 23.1. The van der Waals surface area contributed by atoms with Gasteiger partial charge in [-0.2, -0.15) is 0 Å². The van der Waals surface area contributed by atoms with Crippen molar-refractivity contribution in [1.82, 2.24) is 18.9 Å². The molecule has 0 bridgehead atoms. The summed E-state index contributed by atoms with van der Waals surface area (Å²) in [5.74, 6) is -0.959. The Balaban J connectivity index is 1.73. The first-order valence-corrected chi connectivity index (χ1v) is 13.3. The maximum Gasteiger partial charge on any atom is 0.331 e. The number of hydrogen-bond acceptors (Lipinski definition) is 4. The summed E-state index contributed by atoms with van der Waals surface area (Å²) in [5, 5.41) is 0. The molecule has 0 atom stereocenters. The van der Waals surface area contributed by atoms with Crippen molar-refractivity contribution in [2.24, 2.45) is 5.92 Å². The van der Waals surface area contributed by atoms with Crippen molar-refractivity contribution < 1.29 is 8.78 Å². The number of likely N-dealkylation sites (N-methyl/N-ethyl adjacent to an activating group) is 1. The molecule has 0 radical (unpaired) electrons. The van der Waals surface area contributed by atoms with Crippen LogP contribution in [0.5, 0.6) is 0 Å². The fourth-order valence-corrected chi connectivity index (χ4v) is 5.39. The van der Waals surface area contributed by atoms with Crippen LogP contribution in [0.25, 0.3) is 0 Å². The Kier molecular flexibility index (Phi) is 8.63. The molecule has 0 amide bonds. The van der Waals surface area contributed by atoms with Crippen LogP contribution >= 0.6 is 0 Å². The van der Waals surface area contributed by atoms with Crippen molar-refractivity contribution in [2.45, 2.75) is 60.3 Å². The normalized spacial score (nSPS) is 13.9. The van der Waals surface area contributed by atoms with Gasteiger partial charge in [-0.1, -0.05) is 43.7 Å². The Hall–Kier alpha value is -3.10. The highest BCUT2D eigenvalue weighted by Crippen LogP contribution is 2.21. The van der Waals surface area contributed by atoms with E-state index in [2.05, 4.69) is 55.7 Å². The molecular formula is C30H38F2N4O2. The van der Waals surface area contributed by atoms with E-state index < -0.39 is 17.3 Å². The predicted molar refractivity (Wildman–Crippen MR) is 146 cm³/mol. The number of halogens is 2. The summed E-state index contributed by atoms with van der Waals surface area (Å²) in [6.45, 7) is 11.4. The number of aryl methyl sites for hydroxylation is 2. The number of nitrogens with zero attached hydrogens (tertiary/aromatic N) is 4. The average Bonchev–Trinajstić information content (AvgIpc) is 2.84. The molecule has 2 aromatic carbocycles. The van der Waals surface area contributed by atoms with Gasteiger partial charge in [-0.25, -0.2) is 13.6 Å². The summed E-state index contributed by atoms with van der Waals surface area (Å²) < 4.78 is 31.8. The molecule has 8 heteroatoms. The minimum atomic E-state index is -0.702. The van der Waals surface area contributed by atoms with Gasteiger partial charge in [-0.15, -0.1) is 0 Å². The van der Waals surface area contributed by atoms with Gasteiger partial charge in [-0.05, 0) is 50.1 Å². The highest BCUT2D eigenvalue weighted by atomic mass is 19.1. The molecule has 1 aliphatic heterocycles. The molecule has 0 aliphatic carbocycles. The van der Waals surface area contributed by atoms with E-state index in [1.807, 2.05) is 7.05 Å². The fourth-order valence-electron chi connectivity index (χ4n) is 5.39. The third kappa shape index (κ3) is 6.13. The van der Waals surface area contributed by atoms with Crippen LogP contribution in [0.3, 0.4) is 0 Å².